The van der Waals surface area contributed by atoms with Crippen LogP contribution in [-0.2, 0) is 6.54 Å². The summed E-state index contributed by atoms with van der Waals surface area (Å²) in [7, 11) is 0. The minimum absolute atomic E-state index is 0.0478. The van der Waals surface area contributed by atoms with Crippen molar-refractivity contribution in [2.24, 2.45) is 5.92 Å². The Labute approximate surface area is 167 Å². The summed E-state index contributed by atoms with van der Waals surface area (Å²) in [4.78, 5) is 26.1. The predicted molar refractivity (Wildman–Crippen MR) is 107 cm³/mol. The van der Waals surface area contributed by atoms with Gasteiger partial charge >= 0.3 is 0 Å². The van der Waals surface area contributed by atoms with Gasteiger partial charge in [-0.3, -0.25) is 9.78 Å². The third kappa shape index (κ3) is 4.43. The van der Waals surface area contributed by atoms with Crippen molar-refractivity contribution in [1.29, 1.82) is 0 Å². The van der Waals surface area contributed by atoms with E-state index in [9.17, 15) is 4.79 Å². The summed E-state index contributed by atoms with van der Waals surface area (Å²) in [6.45, 7) is 5.43. The second-order valence-corrected chi connectivity index (χ2v) is 8.22. The average Bonchev–Trinajstić information content (AvgIpc) is 3.40. The van der Waals surface area contributed by atoms with E-state index in [2.05, 4.69) is 14.9 Å². The zero-order valence-electron chi connectivity index (χ0n) is 16.7. The SMILES string of the molecule is Cc1ocnc1C(=O)N(Cc1cccnc1)CC1CCN(C2CCCC2)CC1. The highest BCUT2D eigenvalue weighted by Gasteiger charge is 2.30. The first-order valence-electron chi connectivity index (χ1n) is 10.5. The van der Waals surface area contributed by atoms with Crippen molar-refractivity contribution in [3.8, 4) is 0 Å². The van der Waals surface area contributed by atoms with Crippen LogP contribution in [-0.4, -0.2) is 51.4 Å². The average molecular weight is 383 g/mol. The summed E-state index contributed by atoms with van der Waals surface area (Å²) >= 11 is 0. The molecule has 0 atom stereocenters. The molecular weight excluding hydrogens is 352 g/mol. The maximum absolute atomic E-state index is 13.2. The van der Waals surface area contributed by atoms with Crippen LogP contribution in [0, 0.1) is 12.8 Å². The van der Waals surface area contributed by atoms with Gasteiger partial charge < -0.3 is 14.2 Å². The van der Waals surface area contributed by atoms with Gasteiger partial charge in [0.1, 0.15) is 5.76 Å². The van der Waals surface area contributed by atoms with Crippen LogP contribution in [0.5, 0.6) is 0 Å². The first kappa shape index (κ1) is 19.1. The molecule has 0 unspecified atom stereocenters. The fraction of sp³-hybridized carbons (Fsp3) is 0.591. The Balaban J connectivity index is 1.42. The molecule has 1 saturated heterocycles. The van der Waals surface area contributed by atoms with Crippen molar-refractivity contribution in [3.63, 3.8) is 0 Å². The largest absolute Gasteiger partial charge is 0.448 e. The lowest BCUT2D eigenvalue weighted by Gasteiger charge is -2.37. The van der Waals surface area contributed by atoms with Crippen molar-refractivity contribution in [1.82, 2.24) is 19.8 Å². The van der Waals surface area contributed by atoms with Crippen LogP contribution in [0.2, 0.25) is 0 Å². The second-order valence-electron chi connectivity index (χ2n) is 8.22. The smallest absolute Gasteiger partial charge is 0.276 e. The van der Waals surface area contributed by atoms with E-state index in [1.807, 2.05) is 23.2 Å². The number of likely N-dealkylation sites (tertiary alicyclic amines) is 1. The molecule has 150 valence electrons. The van der Waals surface area contributed by atoms with Crippen LogP contribution in [0.15, 0.2) is 35.3 Å². The molecule has 4 rings (SSSR count). The highest BCUT2D eigenvalue weighted by molar-refractivity contribution is 5.93. The van der Waals surface area contributed by atoms with Crippen LogP contribution in [0.25, 0.3) is 0 Å². The van der Waals surface area contributed by atoms with Gasteiger partial charge in [0.05, 0.1) is 0 Å². The maximum Gasteiger partial charge on any atom is 0.276 e. The number of nitrogens with zero attached hydrogens (tertiary/aromatic N) is 4. The number of amides is 1. The maximum atomic E-state index is 13.2. The fourth-order valence-electron chi connectivity index (χ4n) is 4.67. The molecule has 28 heavy (non-hydrogen) atoms. The number of oxazole rings is 1. The third-order valence-corrected chi connectivity index (χ3v) is 6.30. The quantitative estimate of drug-likeness (QED) is 0.763. The summed E-state index contributed by atoms with van der Waals surface area (Å²) in [6.07, 6.45) is 12.8. The Kier molecular flexibility index (Phi) is 6.05. The molecular formula is C22H30N4O2. The summed E-state index contributed by atoms with van der Waals surface area (Å²) in [5.74, 6) is 1.07. The van der Waals surface area contributed by atoms with Gasteiger partial charge in [-0.2, -0.15) is 0 Å². The predicted octanol–water partition coefficient (Wildman–Crippen LogP) is 3.68. The van der Waals surface area contributed by atoms with Crippen LogP contribution in [0.4, 0.5) is 0 Å². The summed E-state index contributed by atoms with van der Waals surface area (Å²) < 4.78 is 5.27. The van der Waals surface area contributed by atoms with Gasteiger partial charge in [0, 0.05) is 31.5 Å². The van der Waals surface area contributed by atoms with E-state index < -0.39 is 0 Å². The number of pyridine rings is 1. The van der Waals surface area contributed by atoms with E-state index >= 15 is 0 Å². The highest BCUT2D eigenvalue weighted by Crippen LogP contribution is 2.28. The number of carbonyl (C=O) groups is 1. The van der Waals surface area contributed by atoms with Crippen LogP contribution in [0.1, 0.15) is 60.3 Å². The monoisotopic (exact) mass is 382 g/mol. The normalized spacial score (nSPS) is 19.2. The molecule has 0 radical (unpaired) electrons. The van der Waals surface area contributed by atoms with Crippen molar-refractivity contribution in [2.75, 3.05) is 19.6 Å². The number of piperidine rings is 1. The van der Waals surface area contributed by atoms with Crippen LogP contribution in [0.3, 0.4) is 0 Å². The number of aryl methyl sites for hydroxylation is 1. The Morgan fingerprint density at radius 2 is 2.04 bits per heavy atom. The number of hydrogen-bond acceptors (Lipinski definition) is 5. The summed E-state index contributed by atoms with van der Waals surface area (Å²) in [5.41, 5.74) is 1.47. The second kappa shape index (κ2) is 8.86. The van der Waals surface area contributed by atoms with Gasteiger partial charge in [0.2, 0.25) is 0 Å². The zero-order valence-corrected chi connectivity index (χ0v) is 16.7. The van der Waals surface area contributed by atoms with E-state index in [1.165, 1.54) is 32.1 Å². The van der Waals surface area contributed by atoms with Crippen molar-refractivity contribution >= 4 is 5.91 Å². The minimum atomic E-state index is -0.0478. The highest BCUT2D eigenvalue weighted by atomic mass is 16.3. The standard InChI is InChI=1S/C22H30N4O2/c1-17-21(24-16-28-17)22(27)26(15-19-5-4-10-23-13-19)14-18-8-11-25(12-9-18)20-6-2-3-7-20/h4-5,10,13,16,18,20H,2-3,6-9,11-12,14-15H2,1H3. The molecule has 2 aliphatic rings. The zero-order chi connectivity index (χ0) is 19.3. The van der Waals surface area contributed by atoms with E-state index in [4.69, 9.17) is 4.42 Å². The molecule has 6 heteroatoms. The van der Waals surface area contributed by atoms with Gasteiger partial charge in [-0.15, -0.1) is 0 Å². The minimum Gasteiger partial charge on any atom is -0.448 e. The molecule has 0 bridgehead atoms. The van der Waals surface area contributed by atoms with Gasteiger partial charge in [0.25, 0.3) is 5.91 Å². The Hall–Kier alpha value is -2.21. The third-order valence-electron chi connectivity index (χ3n) is 6.30. The lowest BCUT2D eigenvalue weighted by Crippen LogP contribution is -2.43. The van der Waals surface area contributed by atoms with Crippen molar-refractivity contribution < 1.29 is 9.21 Å². The Bertz CT molecular complexity index is 762. The van der Waals surface area contributed by atoms with Gasteiger partial charge in [-0.1, -0.05) is 18.9 Å². The molecule has 1 aliphatic heterocycles. The molecule has 1 aliphatic carbocycles. The number of hydrogen-bond donors (Lipinski definition) is 0. The fourth-order valence-corrected chi connectivity index (χ4v) is 4.67. The van der Waals surface area contributed by atoms with Gasteiger partial charge in [0.15, 0.2) is 12.1 Å². The summed E-state index contributed by atoms with van der Waals surface area (Å²) in [6, 6.07) is 4.73. The summed E-state index contributed by atoms with van der Waals surface area (Å²) in [5, 5.41) is 0. The molecule has 2 aromatic heterocycles. The topological polar surface area (TPSA) is 62.5 Å². The van der Waals surface area contributed by atoms with E-state index in [1.54, 1.807) is 13.1 Å². The van der Waals surface area contributed by atoms with Crippen molar-refractivity contribution in [3.05, 3.63) is 47.9 Å². The lowest BCUT2D eigenvalue weighted by atomic mass is 9.94. The molecule has 2 fully saturated rings. The molecule has 1 saturated carbocycles. The molecule has 0 spiro atoms. The van der Waals surface area contributed by atoms with Crippen LogP contribution < -0.4 is 0 Å². The number of carbonyl (C=O) groups excluding carboxylic acids is 1. The Morgan fingerprint density at radius 3 is 2.68 bits per heavy atom. The van der Waals surface area contributed by atoms with Gasteiger partial charge in [-0.25, -0.2) is 4.98 Å². The molecule has 0 aromatic carbocycles. The lowest BCUT2D eigenvalue weighted by molar-refractivity contribution is 0.0643. The number of aromatic nitrogens is 2. The molecule has 2 aromatic rings. The van der Waals surface area contributed by atoms with E-state index in [0.717, 1.165) is 44.1 Å². The van der Waals surface area contributed by atoms with E-state index in [-0.39, 0.29) is 5.91 Å². The van der Waals surface area contributed by atoms with Crippen LogP contribution >= 0.6 is 0 Å². The van der Waals surface area contributed by atoms with Gasteiger partial charge in [-0.05, 0) is 63.2 Å². The number of rotatable bonds is 6. The first-order chi connectivity index (χ1) is 13.7. The molecule has 6 nitrogen and oxygen atoms in total. The molecule has 3 heterocycles. The van der Waals surface area contributed by atoms with E-state index in [0.29, 0.717) is 23.9 Å². The van der Waals surface area contributed by atoms with Crippen molar-refractivity contribution in [2.45, 2.75) is 58.0 Å². The molecule has 1 amide bonds. The first-order valence-corrected chi connectivity index (χ1v) is 10.5. The Morgan fingerprint density at radius 1 is 1.25 bits per heavy atom. The molecule has 0 N–H and O–H groups in total.